The van der Waals surface area contributed by atoms with Crippen molar-refractivity contribution in [2.45, 2.75) is 0 Å². The maximum Gasteiger partial charge on any atom is -0.164 e. The molecule has 0 aromatic heterocycles. The number of rotatable bonds is 11. The fourth-order valence-corrected chi connectivity index (χ4v) is 0.322. The van der Waals surface area contributed by atoms with Gasteiger partial charge in [0.05, 0.1) is 0 Å². The summed E-state index contributed by atoms with van der Waals surface area (Å²) in [6.45, 7) is 0. The fraction of sp³-hybridized carbons (Fsp3) is 0. The maximum atomic E-state index is 4.86. The van der Waals surface area contributed by atoms with Gasteiger partial charge in [-0.3, -0.25) is 11.7 Å². The van der Waals surface area contributed by atoms with Crippen molar-refractivity contribution in [3.8, 4) is 0 Å². The Morgan fingerprint density at radius 1 is 0.357 bits per heavy atom. The Balaban J connectivity index is 2.78. The molecule has 0 atom stereocenters. The van der Waals surface area contributed by atoms with Gasteiger partial charge in [0.1, 0.15) is 0 Å². The summed E-state index contributed by atoms with van der Waals surface area (Å²) in [6, 6.07) is 0. The van der Waals surface area contributed by atoms with Crippen LogP contribution in [0.4, 0.5) is 0 Å². The molecule has 14 nitrogen and oxygen atoms in total. The van der Waals surface area contributed by atoms with E-state index in [1.165, 1.54) is 0 Å². The average molecular weight is 212 g/mol. The van der Waals surface area contributed by atoms with E-state index in [1.54, 1.807) is 0 Å². The quantitative estimate of drug-likeness (QED) is 0.0875. The van der Waals surface area contributed by atoms with Gasteiger partial charge in [0.2, 0.25) is 0 Å². The molecule has 0 bridgehead atoms. The van der Waals surface area contributed by atoms with Crippen molar-refractivity contribution in [1.82, 2.24) is 66.4 Å². The molecule has 86 valence electrons. The number of hydrazine groups is 13. The van der Waals surface area contributed by atoms with E-state index in [0.29, 0.717) is 0 Å². The van der Waals surface area contributed by atoms with E-state index in [4.69, 9.17) is 11.7 Å². The van der Waals surface area contributed by atoms with Gasteiger partial charge in [-0.2, -0.15) is 66.4 Å². The average Bonchev–Trinajstić information content (AvgIpc) is 2.21. The molecule has 0 aliphatic rings. The van der Waals surface area contributed by atoms with Gasteiger partial charge in [0.15, 0.2) is 0 Å². The zero-order chi connectivity index (χ0) is 10.5. The summed E-state index contributed by atoms with van der Waals surface area (Å²) in [5.41, 5.74) is 28.3. The highest BCUT2D eigenvalue weighted by Crippen LogP contribution is 1.25. The third-order valence-electron chi connectivity index (χ3n) is 0.707. The third-order valence-corrected chi connectivity index (χ3v) is 0.707. The van der Waals surface area contributed by atoms with Crippen LogP contribution < -0.4 is 78.1 Å². The van der Waals surface area contributed by atoms with Crippen LogP contribution >= 0.6 is 0 Å². The topological polar surface area (TPSA) is 196 Å². The second-order valence-electron chi connectivity index (χ2n) is 1.54. The Morgan fingerprint density at radius 3 is 0.786 bits per heavy atom. The van der Waals surface area contributed by atoms with E-state index in [2.05, 4.69) is 66.4 Å². The summed E-state index contributed by atoms with van der Waals surface area (Å²) in [5, 5.41) is 0. The molecule has 0 unspecified atom stereocenters. The minimum Gasteiger partial charge on any atom is -0.257 e. The first-order chi connectivity index (χ1) is 6.91. The van der Waals surface area contributed by atoms with E-state index < -0.39 is 0 Å². The second-order valence-corrected chi connectivity index (χ2v) is 1.54. The van der Waals surface area contributed by atoms with Gasteiger partial charge in [-0.05, 0) is 0 Å². The molecule has 0 rings (SSSR count). The Hall–Kier alpha value is -0.560. The lowest BCUT2D eigenvalue weighted by Crippen LogP contribution is -2.67. The molecule has 14 heavy (non-hydrogen) atoms. The van der Waals surface area contributed by atoms with Crippen molar-refractivity contribution in [2.75, 3.05) is 0 Å². The van der Waals surface area contributed by atoms with E-state index in [-0.39, 0.29) is 0 Å². The van der Waals surface area contributed by atoms with Crippen molar-refractivity contribution in [2.24, 2.45) is 11.7 Å². The smallest absolute Gasteiger partial charge is 0.164 e. The van der Waals surface area contributed by atoms with Crippen molar-refractivity contribution >= 4 is 0 Å². The van der Waals surface area contributed by atoms with Crippen LogP contribution in [0.1, 0.15) is 0 Å². The minimum atomic E-state index is 2.12. The fourth-order valence-electron chi connectivity index (χ4n) is 0.322. The molecule has 0 heterocycles. The van der Waals surface area contributed by atoms with Gasteiger partial charge >= 0.3 is 0 Å². The predicted molar refractivity (Wildman–Crippen MR) is 46.0 cm³/mol. The SMILES string of the molecule is NNNNNNNNNNNNNN. The first kappa shape index (κ1) is 13.4. The molecule has 0 aliphatic heterocycles. The zero-order valence-electron chi connectivity index (χ0n) is 7.15. The second kappa shape index (κ2) is 12.4. The zero-order valence-corrected chi connectivity index (χ0v) is 7.15. The lowest BCUT2D eigenvalue weighted by atomic mass is 12.1. The monoisotopic (exact) mass is 212 g/mol. The Labute approximate surface area is 79.3 Å². The highest BCUT2D eigenvalue weighted by molar-refractivity contribution is 4.14. The van der Waals surface area contributed by atoms with Crippen molar-refractivity contribution in [3.05, 3.63) is 0 Å². The Bertz CT molecular complexity index is 74.0. The van der Waals surface area contributed by atoms with Crippen LogP contribution in [-0.2, 0) is 0 Å². The third kappa shape index (κ3) is 11.4. The van der Waals surface area contributed by atoms with Gasteiger partial charge < -0.3 is 0 Å². The molecule has 0 aromatic carbocycles. The standard InChI is InChI=1S/H16N14/c1-3-5-7-9-11-13-14-12-10-8-6-4-2/h3-14H,1-2H2. The summed E-state index contributed by atoms with van der Waals surface area (Å²) >= 11 is 0. The van der Waals surface area contributed by atoms with Crippen molar-refractivity contribution in [3.63, 3.8) is 0 Å². The van der Waals surface area contributed by atoms with Crippen LogP contribution in [-0.4, -0.2) is 0 Å². The van der Waals surface area contributed by atoms with Gasteiger partial charge in [-0.25, -0.2) is 0 Å². The predicted octanol–water partition coefficient (Wildman–Crippen LogP) is -7.13. The molecule has 14 heteroatoms. The lowest BCUT2D eigenvalue weighted by molar-refractivity contribution is 0.219. The molecule has 0 saturated carbocycles. The van der Waals surface area contributed by atoms with Gasteiger partial charge in [0, 0.05) is 0 Å². The van der Waals surface area contributed by atoms with E-state index in [1.807, 2.05) is 0 Å². The maximum absolute atomic E-state index is 4.86. The minimum absolute atomic E-state index is 2.12. The van der Waals surface area contributed by atoms with E-state index in [0.717, 1.165) is 0 Å². The molecule has 16 N–H and O–H groups in total. The molecular weight excluding hydrogens is 196 g/mol. The van der Waals surface area contributed by atoms with Gasteiger partial charge in [-0.15, -0.1) is 0 Å². The number of nitrogens with two attached hydrogens (primary N) is 2. The number of hydrogen-bond donors (Lipinski definition) is 14. The van der Waals surface area contributed by atoms with Crippen molar-refractivity contribution < 1.29 is 0 Å². The molecule has 0 saturated heterocycles. The molecule has 0 aromatic rings. The molecule has 0 radical (unpaired) electrons. The van der Waals surface area contributed by atoms with E-state index >= 15 is 0 Å². The largest absolute Gasteiger partial charge is 0.257 e. The first-order valence-electron chi connectivity index (χ1n) is 3.33. The van der Waals surface area contributed by atoms with Crippen LogP contribution in [0.15, 0.2) is 0 Å². The Morgan fingerprint density at radius 2 is 0.571 bits per heavy atom. The molecule has 0 amide bonds. The lowest BCUT2D eigenvalue weighted by Gasteiger charge is -2.12. The molecule has 0 spiro atoms. The van der Waals surface area contributed by atoms with Crippen LogP contribution in [0, 0.1) is 0 Å². The number of hydrogen-bond acceptors (Lipinski definition) is 14. The van der Waals surface area contributed by atoms with Crippen LogP contribution in [0.5, 0.6) is 0 Å². The Kier molecular flexibility index (Phi) is 11.9. The van der Waals surface area contributed by atoms with Gasteiger partial charge in [-0.1, -0.05) is 0 Å². The van der Waals surface area contributed by atoms with Crippen LogP contribution in [0.3, 0.4) is 0 Å². The molecule has 0 aliphatic carbocycles. The van der Waals surface area contributed by atoms with Crippen LogP contribution in [0.2, 0.25) is 0 Å². The highest BCUT2D eigenvalue weighted by Gasteiger charge is 1.80. The van der Waals surface area contributed by atoms with Gasteiger partial charge in [0.25, 0.3) is 0 Å². The first-order valence-corrected chi connectivity index (χ1v) is 3.33. The van der Waals surface area contributed by atoms with Crippen LogP contribution in [0.25, 0.3) is 0 Å². The summed E-state index contributed by atoms with van der Waals surface area (Å²) in [7, 11) is 0. The summed E-state index contributed by atoms with van der Waals surface area (Å²) in [4.78, 5) is 0. The molecular formula is H16N14. The molecule has 0 fully saturated rings. The summed E-state index contributed by atoms with van der Waals surface area (Å²) in [6.07, 6.45) is 0. The summed E-state index contributed by atoms with van der Waals surface area (Å²) in [5.74, 6) is 9.71. The van der Waals surface area contributed by atoms with Crippen molar-refractivity contribution in [1.29, 1.82) is 0 Å². The van der Waals surface area contributed by atoms with E-state index in [9.17, 15) is 0 Å². The number of nitrogens with one attached hydrogen (secondary N) is 12. The summed E-state index contributed by atoms with van der Waals surface area (Å²) < 4.78 is 0. The highest BCUT2D eigenvalue weighted by atomic mass is 16.0. The normalized spacial score (nSPS) is 10.7.